The molecular weight excluding hydrogens is 200 g/mol. The third-order valence-corrected chi connectivity index (χ3v) is 3.32. The molecule has 1 aromatic heterocycles. The van der Waals surface area contributed by atoms with Gasteiger partial charge in [0.2, 0.25) is 0 Å². The Balaban J connectivity index is 1.96. The van der Waals surface area contributed by atoms with Crippen LogP contribution in [0.15, 0.2) is 24.4 Å². The Hall–Kier alpha value is -0.930. The largest absolute Gasteiger partial charge is 0.395 e. The predicted molar refractivity (Wildman–Crippen MR) is 64.0 cm³/mol. The summed E-state index contributed by atoms with van der Waals surface area (Å²) in [6.45, 7) is 1.87. The number of pyridine rings is 1. The topological polar surface area (TPSA) is 36.4 Å². The van der Waals surface area contributed by atoms with Crippen molar-refractivity contribution in [2.45, 2.75) is 38.3 Å². The molecule has 0 aromatic carbocycles. The minimum absolute atomic E-state index is 0.239. The fraction of sp³-hybridized carbons (Fsp3) is 0.615. The van der Waals surface area contributed by atoms with Crippen LogP contribution in [-0.2, 0) is 6.54 Å². The summed E-state index contributed by atoms with van der Waals surface area (Å²) >= 11 is 0. The van der Waals surface area contributed by atoms with Gasteiger partial charge in [-0.1, -0.05) is 18.9 Å². The Kier molecular flexibility index (Phi) is 4.31. The maximum Gasteiger partial charge on any atom is 0.0558 e. The van der Waals surface area contributed by atoms with Crippen LogP contribution in [0.1, 0.15) is 31.4 Å². The number of aliphatic hydroxyl groups excluding tert-OH is 1. The third kappa shape index (κ3) is 3.03. The van der Waals surface area contributed by atoms with Crippen LogP contribution >= 0.6 is 0 Å². The van der Waals surface area contributed by atoms with E-state index in [1.807, 2.05) is 18.3 Å². The average molecular weight is 220 g/mol. The molecule has 0 aliphatic heterocycles. The quantitative estimate of drug-likeness (QED) is 0.822. The second kappa shape index (κ2) is 5.97. The monoisotopic (exact) mass is 220 g/mol. The molecule has 3 nitrogen and oxygen atoms in total. The first-order valence-electron chi connectivity index (χ1n) is 6.15. The second-order valence-corrected chi connectivity index (χ2v) is 4.45. The zero-order valence-electron chi connectivity index (χ0n) is 9.68. The van der Waals surface area contributed by atoms with E-state index < -0.39 is 0 Å². The summed E-state index contributed by atoms with van der Waals surface area (Å²) in [4.78, 5) is 6.72. The Morgan fingerprint density at radius 3 is 2.75 bits per heavy atom. The third-order valence-electron chi connectivity index (χ3n) is 3.32. The number of aliphatic hydroxyl groups is 1. The molecule has 0 spiro atoms. The van der Waals surface area contributed by atoms with Crippen LogP contribution in [0.4, 0.5) is 0 Å². The first kappa shape index (κ1) is 11.6. The van der Waals surface area contributed by atoms with Crippen molar-refractivity contribution in [2.75, 3.05) is 13.2 Å². The molecule has 16 heavy (non-hydrogen) atoms. The SMILES string of the molecule is OCCN(Cc1ccccn1)C1CCCC1. The summed E-state index contributed by atoms with van der Waals surface area (Å²) < 4.78 is 0. The van der Waals surface area contributed by atoms with E-state index in [0.717, 1.165) is 18.8 Å². The minimum Gasteiger partial charge on any atom is -0.395 e. The van der Waals surface area contributed by atoms with Gasteiger partial charge in [-0.2, -0.15) is 0 Å². The Labute approximate surface area is 97.1 Å². The lowest BCUT2D eigenvalue weighted by Gasteiger charge is -2.27. The molecule has 1 heterocycles. The van der Waals surface area contributed by atoms with Crippen molar-refractivity contribution in [1.29, 1.82) is 0 Å². The van der Waals surface area contributed by atoms with Crippen molar-refractivity contribution >= 4 is 0 Å². The maximum atomic E-state index is 9.11. The predicted octanol–water partition coefficient (Wildman–Crippen LogP) is 1.82. The molecule has 0 atom stereocenters. The lowest BCUT2D eigenvalue weighted by molar-refractivity contribution is 0.143. The lowest BCUT2D eigenvalue weighted by Crippen LogP contribution is -2.35. The summed E-state index contributed by atoms with van der Waals surface area (Å²) in [6.07, 6.45) is 7.03. The van der Waals surface area contributed by atoms with Gasteiger partial charge in [-0.05, 0) is 25.0 Å². The van der Waals surface area contributed by atoms with Gasteiger partial charge in [0.05, 0.1) is 12.3 Å². The van der Waals surface area contributed by atoms with Crippen molar-refractivity contribution < 1.29 is 5.11 Å². The summed E-state index contributed by atoms with van der Waals surface area (Å²) in [5.41, 5.74) is 1.10. The Bertz CT molecular complexity index is 296. The molecule has 0 amide bonds. The van der Waals surface area contributed by atoms with E-state index in [9.17, 15) is 0 Å². The highest BCUT2D eigenvalue weighted by atomic mass is 16.3. The van der Waals surface area contributed by atoms with E-state index >= 15 is 0 Å². The summed E-state index contributed by atoms with van der Waals surface area (Å²) in [6, 6.07) is 6.66. The van der Waals surface area contributed by atoms with Gasteiger partial charge in [0.25, 0.3) is 0 Å². The molecule has 1 fully saturated rings. The average Bonchev–Trinajstić information content (AvgIpc) is 2.83. The summed E-state index contributed by atoms with van der Waals surface area (Å²) in [7, 11) is 0. The van der Waals surface area contributed by atoms with E-state index in [2.05, 4.69) is 16.0 Å². The van der Waals surface area contributed by atoms with E-state index in [1.165, 1.54) is 25.7 Å². The fourth-order valence-electron chi connectivity index (χ4n) is 2.49. The molecule has 1 N–H and O–H groups in total. The van der Waals surface area contributed by atoms with Crippen molar-refractivity contribution in [1.82, 2.24) is 9.88 Å². The fourth-order valence-corrected chi connectivity index (χ4v) is 2.49. The summed E-state index contributed by atoms with van der Waals surface area (Å²) in [5, 5.41) is 9.11. The zero-order valence-corrected chi connectivity index (χ0v) is 9.68. The Morgan fingerprint density at radius 2 is 2.12 bits per heavy atom. The highest BCUT2D eigenvalue weighted by molar-refractivity contribution is 5.03. The van der Waals surface area contributed by atoms with Crippen molar-refractivity contribution in [3.05, 3.63) is 30.1 Å². The zero-order chi connectivity index (χ0) is 11.2. The van der Waals surface area contributed by atoms with Crippen molar-refractivity contribution in [3.63, 3.8) is 0 Å². The standard InChI is InChI=1S/C13H20N2O/c16-10-9-15(13-6-1-2-7-13)11-12-5-3-4-8-14-12/h3-5,8,13,16H,1-2,6-7,9-11H2. The van der Waals surface area contributed by atoms with Crippen LogP contribution in [0.5, 0.6) is 0 Å². The molecule has 1 aromatic rings. The molecule has 2 rings (SSSR count). The van der Waals surface area contributed by atoms with Crippen LogP contribution in [0.2, 0.25) is 0 Å². The number of hydrogen-bond acceptors (Lipinski definition) is 3. The highest BCUT2D eigenvalue weighted by Gasteiger charge is 2.22. The molecule has 1 aliphatic carbocycles. The molecule has 3 heteroatoms. The van der Waals surface area contributed by atoms with Crippen LogP contribution in [-0.4, -0.2) is 34.2 Å². The van der Waals surface area contributed by atoms with Gasteiger partial charge < -0.3 is 5.11 Å². The van der Waals surface area contributed by atoms with E-state index in [0.29, 0.717) is 6.04 Å². The summed E-state index contributed by atoms with van der Waals surface area (Å²) in [5.74, 6) is 0. The van der Waals surface area contributed by atoms with Crippen LogP contribution < -0.4 is 0 Å². The molecule has 88 valence electrons. The van der Waals surface area contributed by atoms with Gasteiger partial charge >= 0.3 is 0 Å². The van der Waals surface area contributed by atoms with Crippen molar-refractivity contribution in [2.24, 2.45) is 0 Å². The molecule has 0 radical (unpaired) electrons. The van der Waals surface area contributed by atoms with E-state index in [4.69, 9.17) is 5.11 Å². The second-order valence-electron chi connectivity index (χ2n) is 4.45. The normalized spacial score (nSPS) is 17.1. The lowest BCUT2D eigenvalue weighted by atomic mass is 10.2. The highest BCUT2D eigenvalue weighted by Crippen LogP contribution is 2.24. The van der Waals surface area contributed by atoms with E-state index in [-0.39, 0.29) is 6.61 Å². The number of hydrogen-bond donors (Lipinski definition) is 1. The van der Waals surface area contributed by atoms with Gasteiger partial charge in [-0.25, -0.2) is 0 Å². The van der Waals surface area contributed by atoms with Gasteiger partial charge in [-0.15, -0.1) is 0 Å². The molecule has 0 bridgehead atoms. The maximum absolute atomic E-state index is 9.11. The van der Waals surface area contributed by atoms with Crippen LogP contribution in [0, 0.1) is 0 Å². The Morgan fingerprint density at radius 1 is 1.31 bits per heavy atom. The molecule has 0 unspecified atom stereocenters. The van der Waals surface area contributed by atoms with Gasteiger partial charge in [0.15, 0.2) is 0 Å². The molecule has 1 aliphatic rings. The smallest absolute Gasteiger partial charge is 0.0558 e. The van der Waals surface area contributed by atoms with Gasteiger partial charge in [-0.3, -0.25) is 9.88 Å². The van der Waals surface area contributed by atoms with Gasteiger partial charge in [0.1, 0.15) is 0 Å². The first-order chi connectivity index (χ1) is 7.90. The molecule has 1 saturated carbocycles. The molecular formula is C13H20N2O. The number of nitrogens with zero attached hydrogens (tertiary/aromatic N) is 2. The molecule has 0 saturated heterocycles. The van der Waals surface area contributed by atoms with Crippen molar-refractivity contribution in [3.8, 4) is 0 Å². The van der Waals surface area contributed by atoms with E-state index in [1.54, 1.807) is 0 Å². The van der Waals surface area contributed by atoms with Crippen LogP contribution in [0.25, 0.3) is 0 Å². The van der Waals surface area contributed by atoms with Crippen LogP contribution in [0.3, 0.4) is 0 Å². The minimum atomic E-state index is 0.239. The number of rotatable bonds is 5. The first-order valence-corrected chi connectivity index (χ1v) is 6.15. The van der Waals surface area contributed by atoms with Gasteiger partial charge in [0, 0.05) is 25.3 Å². The number of aromatic nitrogens is 1.